The molecule has 3 heteroatoms. The van der Waals surface area contributed by atoms with E-state index < -0.39 is 0 Å². The number of phenolic OH excluding ortho intramolecular Hbond substituents is 2. The maximum atomic E-state index is 9.56. The molecule has 0 saturated heterocycles. The summed E-state index contributed by atoms with van der Waals surface area (Å²) >= 11 is 0. The Balaban J connectivity index is 2.31. The monoisotopic (exact) mass is 216 g/mol. The Morgan fingerprint density at radius 3 is 2.38 bits per heavy atom. The lowest BCUT2D eigenvalue weighted by Gasteiger charge is -2.09. The molecule has 2 aromatic rings. The number of phenols is 2. The normalized spacial score (nSPS) is 10.1. The molecule has 2 rings (SSSR count). The van der Waals surface area contributed by atoms with E-state index in [0.717, 1.165) is 5.56 Å². The fourth-order valence-corrected chi connectivity index (χ4v) is 1.38. The summed E-state index contributed by atoms with van der Waals surface area (Å²) in [5.74, 6) is 0.938. The van der Waals surface area contributed by atoms with Crippen LogP contribution in [0.5, 0.6) is 23.0 Å². The van der Waals surface area contributed by atoms with E-state index in [1.165, 1.54) is 18.2 Å². The van der Waals surface area contributed by atoms with Crippen LogP contribution in [0.1, 0.15) is 5.56 Å². The van der Waals surface area contributed by atoms with E-state index in [1.54, 1.807) is 0 Å². The summed E-state index contributed by atoms with van der Waals surface area (Å²) in [6.07, 6.45) is 0. The minimum absolute atomic E-state index is 0.00892. The van der Waals surface area contributed by atoms with E-state index in [2.05, 4.69) is 0 Å². The highest BCUT2D eigenvalue weighted by Gasteiger charge is 2.06. The molecule has 16 heavy (non-hydrogen) atoms. The van der Waals surface area contributed by atoms with Crippen LogP contribution in [-0.2, 0) is 0 Å². The zero-order chi connectivity index (χ0) is 11.5. The Labute approximate surface area is 93.6 Å². The van der Waals surface area contributed by atoms with E-state index in [1.807, 2.05) is 31.2 Å². The van der Waals surface area contributed by atoms with Gasteiger partial charge in [-0.1, -0.05) is 18.2 Å². The Morgan fingerprint density at radius 1 is 0.938 bits per heavy atom. The Kier molecular flexibility index (Phi) is 2.68. The fraction of sp³-hybridized carbons (Fsp3) is 0.0769. The second-order valence-electron chi connectivity index (χ2n) is 3.52. The lowest BCUT2D eigenvalue weighted by atomic mass is 10.2. The van der Waals surface area contributed by atoms with Gasteiger partial charge in [0.05, 0.1) is 0 Å². The molecule has 0 heterocycles. The molecule has 0 fully saturated rings. The second-order valence-corrected chi connectivity index (χ2v) is 3.52. The molecule has 3 nitrogen and oxygen atoms in total. The van der Waals surface area contributed by atoms with Crippen LogP contribution in [0.4, 0.5) is 0 Å². The van der Waals surface area contributed by atoms with E-state index in [0.29, 0.717) is 11.5 Å². The molecule has 2 N–H and O–H groups in total. The van der Waals surface area contributed by atoms with Crippen molar-refractivity contribution in [3.63, 3.8) is 0 Å². The van der Waals surface area contributed by atoms with Crippen molar-refractivity contribution in [1.29, 1.82) is 0 Å². The third kappa shape index (κ3) is 2.08. The van der Waals surface area contributed by atoms with Crippen molar-refractivity contribution >= 4 is 0 Å². The SMILES string of the molecule is Cc1ccccc1Oc1ccc(O)cc1O. The van der Waals surface area contributed by atoms with Gasteiger partial charge in [0.25, 0.3) is 0 Å². The van der Waals surface area contributed by atoms with Crippen LogP contribution in [0.15, 0.2) is 42.5 Å². The lowest BCUT2D eigenvalue weighted by Crippen LogP contribution is -1.87. The molecule has 0 amide bonds. The Hall–Kier alpha value is -2.16. The van der Waals surface area contributed by atoms with Gasteiger partial charge in [-0.3, -0.25) is 0 Å². The highest BCUT2D eigenvalue weighted by atomic mass is 16.5. The minimum atomic E-state index is -0.0803. The van der Waals surface area contributed by atoms with Crippen LogP contribution < -0.4 is 4.74 Å². The van der Waals surface area contributed by atoms with Gasteiger partial charge in [0.2, 0.25) is 0 Å². The predicted molar refractivity (Wildman–Crippen MR) is 61.0 cm³/mol. The highest BCUT2D eigenvalue weighted by molar-refractivity contribution is 5.47. The van der Waals surface area contributed by atoms with Gasteiger partial charge < -0.3 is 14.9 Å². The molecule has 0 saturated carbocycles. The van der Waals surface area contributed by atoms with E-state index >= 15 is 0 Å². The van der Waals surface area contributed by atoms with Gasteiger partial charge in [-0.25, -0.2) is 0 Å². The number of hydrogen-bond acceptors (Lipinski definition) is 3. The van der Waals surface area contributed by atoms with Gasteiger partial charge >= 0.3 is 0 Å². The van der Waals surface area contributed by atoms with Crippen molar-refractivity contribution in [3.05, 3.63) is 48.0 Å². The van der Waals surface area contributed by atoms with Crippen LogP contribution in [-0.4, -0.2) is 10.2 Å². The summed E-state index contributed by atoms with van der Waals surface area (Å²) in [7, 11) is 0. The number of aryl methyl sites for hydroxylation is 1. The summed E-state index contributed by atoms with van der Waals surface area (Å²) in [4.78, 5) is 0. The summed E-state index contributed by atoms with van der Waals surface area (Å²) < 4.78 is 5.53. The molecular formula is C13H12O3. The molecule has 0 aliphatic carbocycles. The van der Waals surface area contributed by atoms with Crippen LogP contribution in [0, 0.1) is 6.92 Å². The smallest absolute Gasteiger partial charge is 0.169 e. The van der Waals surface area contributed by atoms with Gasteiger partial charge in [-0.2, -0.15) is 0 Å². The molecule has 0 aliphatic rings. The number of aromatic hydroxyl groups is 2. The molecule has 0 aliphatic heterocycles. The first-order valence-electron chi connectivity index (χ1n) is 4.92. The van der Waals surface area contributed by atoms with Gasteiger partial charge in [0.15, 0.2) is 11.5 Å². The maximum Gasteiger partial charge on any atom is 0.169 e. The Morgan fingerprint density at radius 2 is 1.69 bits per heavy atom. The quantitative estimate of drug-likeness (QED) is 0.810. The summed E-state index contributed by atoms with van der Waals surface area (Å²) in [5.41, 5.74) is 0.981. The van der Waals surface area contributed by atoms with Gasteiger partial charge in [-0.15, -0.1) is 0 Å². The minimum Gasteiger partial charge on any atom is -0.508 e. The van der Waals surface area contributed by atoms with Crippen molar-refractivity contribution in [2.75, 3.05) is 0 Å². The van der Waals surface area contributed by atoms with Crippen LogP contribution in [0.25, 0.3) is 0 Å². The summed E-state index contributed by atoms with van der Waals surface area (Å²) in [5, 5.41) is 18.7. The number of rotatable bonds is 2. The van der Waals surface area contributed by atoms with Crippen molar-refractivity contribution in [2.24, 2.45) is 0 Å². The lowest BCUT2D eigenvalue weighted by molar-refractivity contribution is 0.402. The fourth-order valence-electron chi connectivity index (χ4n) is 1.38. The van der Waals surface area contributed by atoms with Crippen molar-refractivity contribution in [1.82, 2.24) is 0 Å². The van der Waals surface area contributed by atoms with Gasteiger partial charge in [-0.05, 0) is 30.7 Å². The highest BCUT2D eigenvalue weighted by Crippen LogP contribution is 2.34. The number of benzene rings is 2. The maximum absolute atomic E-state index is 9.56. The zero-order valence-corrected chi connectivity index (χ0v) is 8.84. The van der Waals surface area contributed by atoms with E-state index in [9.17, 15) is 5.11 Å². The zero-order valence-electron chi connectivity index (χ0n) is 8.84. The van der Waals surface area contributed by atoms with Gasteiger partial charge in [0, 0.05) is 6.07 Å². The first-order chi connectivity index (χ1) is 7.66. The van der Waals surface area contributed by atoms with Crippen LogP contribution >= 0.6 is 0 Å². The van der Waals surface area contributed by atoms with Crippen molar-refractivity contribution in [2.45, 2.75) is 6.92 Å². The Bertz CT molecular complexity index is 506. The average molecular weight is 216 g/mol. The summed E-state index contributed by atoms with van der Waals surface area (Å²) in [6, 6.07) is 11.8. The topological polar surface area (TPSA) is 49.7 Å². The summed E-state index contributed by atoms with van der Waals surface area (Å²) in [6.45, 7) is 1.92. The molecule has 0 atom stereocenters. The molecule has 0 unspecified atom stereocenters. The number of hydrogen-bond donors (Lipinski definition) is 2. The average Bonchev–Trinajstić information content (AvgIpc) is 2.25. The first-order valence-corrected chi connectivity index (χ1v) is 4.92. The third-order valence-electron chi connectivity index (χ3n) is 2.26. The molecule has 82 valence electrons. The molecule has 0 aromatic heterocycles. The second kappa shape index (κ2) is 4.14. The van der Waals surface area contributed by atoms with Crippen molar-refractivity contribution in [3.8, 4) is 23.0 Å². The van der Waals surface area contributed by atoms with Crippen molar-refractivity contribution < 1.29 is 14.9 Å². The van der Waals surface area contributed by atoms with E-state index in [-0.39, 0.29) is 11.5 Å². The van der Waals surface area contributed by atoms with E-state index in [4.69, 9.17) is 9.84 Å². The molecular weight excluding hydrogens is 204 g/mol. The number of ether oxygens (including phenoxy) is 1. The largest absolute Gasteiger partial charge is 0.508 e. The third-order valence-corrected chi connectivity index (χ3v) is 2.26. The first kappa shape index (κ1) is 10.4. The molecule has 0 radical (unpaired) electrons. The van der Waals surface area contributed by atoms with Gasteiger partial charge in [0.1, 0.15) is 11.5 Å². The predicted octanol–water partition coefficient (Wildman–Crippen LogP) is 3.20. The molecule has 0 spiro atoms. The standard InChI is InChI=1S/C13H12O3/c1-9-4-2-3-5-12(9)16-13-7-6-10(14)8-11(13)15/h2-8,14-15H,1H3. The van der Waals surface area contributed by atoms with Crippen LogP contribution in [0.3, 0.4) is 0 Å². The molecule has 2 aromatic carbocycles. The number of para-hydroxylation sites is 1. The van der Waals surface area contributed by atoms with Crippen LogP contribution in [0.2, 0.25) is 0 Å². The molecule has 0 bridgehead atoms.